The number of hydrogen-bond acceptors (Lipinski definition) is 5. The zero-order valence-electron chi connectivity index (χ0n) is 29.7. The van der Waals surface area contributed by atoms with Crippen molar-refractivity contribution in [1.29, 1.82) is 0 Å². The summed E-state index contributed by atoms with van der Waals surface area (Å²) in [5.41, 5.74) is 4.18. The second-order valence-electron chi connectivity index (χ2n) is 16.4. The first kappa shape index (κ1) is 39.7. The van der Waals surface area contributed by atoms with Gasteiger partial charge in [0.05, 0.1) is 6.61 Å². The Kier molecular flexibility index (Phi) is 13.3. The van der Waals surface area contributed by atoms with E-state index in [4.69, 9.17) is 14.7 Å². The molecule has 43 heavy (non-hydrogen) atoms. The van der Waals surface area contributed by atoms with Crippen molar-refractivity contribution in [3.05, 3.63) is 69.8 Å². The summed E-state index contributed by atoms with van der Waals surface area (Å²) in [4.78, 5) is 21.7. The molecule has 0 aliphatic rings. The van der Waals surface area contributed by atoms with Gasteiger partial charge in [-0.3, -0.25) is 0 Å². The monoisotopic (exact) mass is 618 g/mol. The Morgan fingerprint density at radius 3 is 1.16 bits per heavy atom. The van der Waals surface area contributed by atoms with Crippen LogP contribution in [-0.4, -0.2) is 31.5 Å². The van der Waals surface area contributed by atoms with Gasteiger partial charge in [-0.1, -0.05) is 146 Å². The molecular formula is C37H63O5P. The van der Waals surface area contributed by atoms with E-state index in [-0.39, 0.29) is 28.3 Å². The van der Waals surface area contributed by atoms with Crippen molar-refractivity contribution in [1.82, 2.24) is 0 Å². The van der Waals surface area contributed by atoms with Crippen molar-refractivity contribution in [3.63, 3.8) is 0 Å². The normalized spacial score (nSPS) is 14.8. The van der Waals surface area contributed by atoms with Crippen LogP contribution < -0.4 is 0 Å². The number of aliphatic hydroxyl groups excluding tert-OH is 1. The SMILES string of the molecule is CCCCC(CC)(CO)C(O)(c1ccc(C(C)(C)C)cc1C(C)(C)C)c1ccc(C(C)(C)C)cc1C(C)(C)C.OP(O)O. The van der Waals surface area contributed by atoms with Gasteiger partial charge in [-0.05, 0) is 67.9 Å². The number of hydrogen-bond donors (Lipinski definition) is 5. The molecule has 1 unspecified atom stereocenters. The molecule has 2 aromatic carbocycles. The maximum absolute atomic E-state index is 13.6. The minimum Gasteiger partial charge on any atom is -0.396 e. The summed E-state index contributed by atoms with van der Waals surface area (Å²) in [5, 5.41) is 24.9. The van der Waals surface area contributed by atoms with E-state index in [9.17, 15) is 10.2 Å². The largest absolute Gasteiger partial charge is 0.396 e. The molecule has 5 N–H and O–H groups in total. The Morgan fingerprint density at radius 2 is 0.930 bits per heavy atom. The van der Waals surface area contributed by atoms with Crippen molar-refractivity contribution < 1.29 is 24.9 Å². The second-order valence-corrected chi connectivity index (χ2v) is 16.9. The van der Waals surface area contributed by atoms with Gasteiger partial charge >= 0.3 is 8.60 Å². The summed E-state index contributed by atoms with van der Waals surface area (Å²) in [6, 6.07) is 13.4. The predicted octanol–water partition coefficient (Wildman–Crippen LogP) is 8.88. The van der Waals surface area contributed by atoms with E-state index in [1.165, 1.54) is 11.1 Å². The van der Waals surface area contributed by atoms with Crippen LogP contribution in [0.2, 0.25) is 0 Å². The summed E-state index contributed by atoms with van der Waals surface area (Å²) in [7, 11) is -2.62. The van der Waals surface area contributed by atoms with Gasteiger partial charge in [-0.25, -0.2) is 0 Å². The third kappa shape index (κ3) is 9.35. The summed E-state index contributed by atoms with van der Waals surface area (Å²) in [6.45, 7) is 31.2. The lowest BCUT2D eigenvalue weighted by atomic mass is 9.57. The Morgan fingerprint density at radius 1 is 0.581 bits per heavy atom. The molecule has 2 aromatic rings. The van der Waals surface area contributed by atoms with Crippen molar-refractivity contribution in [3.8, 4) is 0 Å². The lowest BCUT2D eigenvalue weighted by molar-refractivity contribution is -0.0970. The molecule has 0 radical (unpaired) electrons. The maximum Gasteiger partial charge on any atom is 0.324 e. The van der Waals surface area contributed by atoms with Crippen LogP contribution in [0.15, 0.2) is 36.4 Å². The molecule has 1 atom stereocenters. The number of unbranched alkanes of at least 4 members (excludes halogenated alkanes) is 1. The highest BCUT2D eigenvalue weighted by Gasteiger charge is 2.54. The van der Waals surface area contributed by atoms with E-state index in [1.807, 2.05) is 0 Å². The van der Waals surface area contributed by atoms with E-state index in [0.29, 0.717) is 6.42 Å². The molecule has 0 aromatic heterocycles. The van der Waals surface area contributed by atoms with Gasteiger partial charge < -0.3 is 24.9 Å². The molecule has 0 heterocycles. The summed E-state index contributed by atoms with van der Waals surface area (Å²) in [6.07, 6.45) is 3.39. The van der Waals surface area contributed by atoms with Crippen LogP contribution in [0, 0.1) is 5.41 Å². The van der Waals surface area contributed by atoms with Gasteiger partial charge in [0.2, 0.25) is 0 Å². The van der Waals surface area contributed by atoms with E-state index in [0.717, 1.165) is 41.5 Å². The van der Waals surface area contributed by atoms with E-state index in [1.54, 1.807) is 0 Å². The molecule has 0 amide bonds. The fourth-order valence-electron chi connectivity index (χ4n) is 6.04. The molecule has 6 heteroatoms. The molecule has 0 spiro atoms. The topological polar surface area (TPSA) is 101 Å². The third-order valence-electron chi connectivity index (χ3n) is 8.92. The molecule has 0 saturated heterocycles. The molecule has 5 nitrogen and oxygen atoms in total. The lowest BCUT2D eigenvalue weighted by Crippen LogP contribution is -2.51. The lowest BCUT2D eigenvalue weighted by Gasteiger charge is -2.50. The molecule has 0 aliphatic heterocycles. The van der Waals surface area contributed by atoms with Gasteiger partial charge in [0.25, 0.3) is 0 Å². The smallest absolute Gasteiger partial charge is 0.324 e. The van der Waals surface area contributed by atoms with Crippen LogP contribution in [0.5, 0.6) is 0 Å². The van der Waals surface area contributed by atoms with Crippen LogP contribution in [0.25, 0.3) is 0 Å². The van der Waals surface area contributed by atoms with Crippen LogP contribution >= 0.6 is 8.60 Å². The fraction of sp³-hybridized carbons (Fsp3) is 0.676. The van der Waals surface area contributed by atoms with Gasteiger partial charge in [0.1, 0.15) is 5.60 Å². The van der Waals surface area contributed by atoms with Crippen molar-refractivity contribution in [2.45, 2.75) is 150 Å². The number of benzene rings is 2. The molecule has 0 fully saturated rings. The summed E-state index contributed by atoms with van der Waals surface area (Å²) >= 11 is 0. The quantitative estimate of drug-likeness (QED) is 0.190. The molecule has 0 aliphatic carbocycles. The molecule has 246 valence electrons. The zero-order chi connectivity index (χ0) is 33.8. The highest BCUT2D eigenvalue weighted by molar-refractivity contribution is 7.38. The molecule has 0 bridgehead atoms. The Bertz CT molecular complexity index is 1090. The highest BCUT2D eigenvalue weighted by atomic mass is 31.2. The van der Waals surface area contributed by atoms with E-state index >= 15 is 0 Å². The van der Waals surface area contributed by atoms with Crippen molar-refractivity contribution in [2.24, 2.45) is 5.41 Å². The number of rotatable bonds is 8. The third-order valence-corrected chi connectivity index (χ3v) is 8.92. The van der Waals surface area contributed by atoms with Crippen LogP contribution in [0.4, 0.5) is 0 Å². The molecule has 2 rings (SSSR count). The summed E-state index contributed by atoms with van der Waals surface area (Å²) in [5.74, 6) is 0. The van der Waals surface area contributed by atoms with E-state index < -0.39 is 19.6 Å². The van der Waals surface area contributed by atoms with Crippen LogP contribution in [0.1, 0.15) is 156 Å². The fourth-order valence-corrected chi connectivity index (χ4v) is 6.04. The average molecular weight is 619 g/mol. The van der Waals surface area contributed by atoms with Crippen LogP contribution in [0.3, 0.4) is 0 Å². The molecule has 0 saturated carbocycles. The number of aliphatic hydroxyl groups is 2. The van der Waals surface area contributed by atoms with Gasteiger partial charge in [0.15, 0.2) is 0 Å². The van der Waals surface area contributed by atoms with Gasteiger partial charge in [0, 0.05) is 5.41 Å². The first-order valence-electron chi connectivity index (χ1n) is 15.8. The second kappa shape index (κ2) is 14.4. The van der Waals surface area contributed by atoms with Gasteiger partial charge in [-0.2, -0.15) is 0 Å². The van der Waals surface area contributed by atoms with E-state index in [2.05, 4.69) is 133 Å². The summed E-state index contributed by atoms with van der Waals surface area (Å²) < 4.78 is 0. The minimum absolute atomic E-state index is 0.0113. The standard InChI is InChI=1S/C37H60O2.H3O3P/c1-15-17-22-36(16-2,25-38)37(39,28-20-18-26(32(3,4)5)23-30(28)34(9,10)11)29-21-19-27(33(6,7)8)24-31(29)35(12,13)14;1-4(2)3/h18-21,23-24,38-39H,15-17,22,25H2,1-14H3;1-3H. The van der Waals surface area contributed by atoms with Crippen molar-refractivity contribution in [2.75, 3.05) is 6.61 Å². The first-order chi connectivity index (χ1) is 19.3. The Labute approximate surface area is 264 Å². The molecular weight excluding hydrogens is 555 g/mol. The average Bonchev–Trinajstić information content (AvgIpc) is 2.86. The Hall–Kier alpha value is -1.33. The Balaban J connectivity index is 0.00000217. The minimum atomic E-state index is -2.62. The first-order valence-corrected chi connectivity index (χ1v) is 17.0. The highest BCUT2D eigenvalue weighted by Crippen LogP contribution is 2.55. The zero-order valence-corrected chi connectivity index (χ0v) is 30.6. The van der Waals surface area contributed by atoms with Crippen molar-refractivity contribution >= 4 is 8.60 Å². The van der Waals surface area contributed by atoms with Crippen LogP contribution in [-0.2, 0) is 27.3 Å². The predicted molar refractivity (Wildman–Crippen MR) is 184 cm³/mol. The maximum atomic E-state index is 13.6. The van der Waals surface area contributed by atoms with Gasteiger partial charge in [-0.15, -0.1) is 0 Å².